The Morgan fingerprint density at radius 3 is 2.36 bits per heavy atom. The summed E-state index contributed by atoms with van der Waals surface area (Å²) in [5.41, 5.74) is 3.09. The van der Waals surface area contributed by atoms with Crippen LogP contribution in [0.3, 0.4) is 0 Å². The first-order chi connectivity index (χ1) is 15.8. The molecule has 1 heterocycles. The monoisotopic (exact) mass is 486 g/mol. The lowest BCUT2D eigenvalue weighted by Crippen LogP contribution is -2.39. The van der Waals surface area contributed by atoms with Crippen molar-refractivity contribution in [3.63, 3.8) is 0 Å². The van der Waals surface area contributed by atoms with Gasteiger partial charge in [0.1, 0.15) is 12.3 Å². The number of anilines is 2. The van der Waals surface area contributed by atoms with Gasteiger partial charge in [-0.3, -0.25) is 13.9 Å². The Morgan fingerprint density at radius 2 is 1.79 bits per heavy atom. The molecule has 0 aliphatic heterocycles. The van der Waals surface area contributed by atoms with Crippen molar-refractivity contribution in [1.82, 2.24) is 5.43 Å². The van der Waals surface area contributed by atoms with Crippen molar-refractivity contribution in [2.45, 2.75) is 11.8 Å². The average molecular weight is 487 g/mol. The number of hydrogen-bond acceptors (Lipinski definition) is 7. The van der Waals surface area contributed by atoms with Crippen molar-refractivity contribution in [2.24, 2.45) is 5.10 Å². The molecule has 9 nitrogen and oxygen atoms in total. The number of carbonyl (C=O) groups is 2. The lowest BCUT2D eigenvalue weighted by atomic mass is 10.3. The summed E-state index contributed by atoms with van der Waals surface area (Å²) in [4.78, 5) is 24.6. The highest BCUT2D eigenvalue weighted by atomic mass is 32.2. The molecule has 3 rings (SSSR count). The van der Waals surface area contributed by atoms with Crippen LogP contribution in [0.25, 0.3) is 0 Å². The maximum atomic E-state index is 13.4. The number of methoxy groups -OCH3 is 1. The van der Waals surface area contributed by atoms with Crippen LogP contribution in [0.1, 0.15) is 11.8 Å². The third kappa shape index (κ3) is 6.40. The van der Waals surface area contributed by atoms with Gasteiger partial charge in [0, 0.05) is 17.5 Å². The molecule has 0 aliphatic carbocycles. The second kappa shape index (κ2) is 10.7. The first-order valence-electron chi connectivity index (χ1n) is 9.69. The average Bonchev–Trinajstić information content (AvgIpc) is 3.31. The molecule has 0 fully saturated rings. The molecule has 172 valence electrons. The molecule has 0 bridgehead atoms. The van der Waals surface area contributed by atoms with E-state index in [0.29, 0.717) is 11.4 Å². The molecule has 3 aromatic rings. The van der Waals surface area contributed by atoms with Crippen molar-refractivity contribution in [3.05, 3.63) is 70.9 Å². The van der Waals surface area contributed by atoms with Crippen LogP contribution in [0.15, 0.2) is 76.0 Å². The SMILES string of the molecule is COc1ccc(N(CC(=O)N/N=C\c2cccs2)S(=O)(=O)c2ccc(NC(C)=O)cc2)cc1. The molecule has 1 aromatic heterocycles. The summed E-state index contributed by atoms with van der Waals surface area (Å²) in [6.07, 6.45) is 1.48. The van der Waals surface area contributed by atoms with Crippen LogP contribution >= 0.6 is 11.3 Å². The zero-order valence-electron chi connectivity index (χ0n) is 17.9. The highest BCUT2D eigenvalue weighted by Gasteiger charge is 2.27. The van der Waals surface area contributed by atoms with Gasteiger partial charge in [0.15, 0.2) is 0 Å². The van der Waals surface area contributed by atoms with Crippen molar-refractivity contribution in [2.75, 3.05) is 23.3 Å². The summed E-state index contributed by atoms with van der Waals surface area (Å²) in [6.45, 7) is 0.861. The fourth-order valence-corrected chi connectivity index (χ4v) is 4.81. The normalized spacial score (nSPS) is 11.2. The van der Waals surface area contributed by atoms with Crippen molar-refractivity contribution in [1.29, 1.82) is 0 Å². The van der Waals surface area contributed by atoms with Crippen LogP contribution in [0.4, 0.5) is 11.4 Å². The largest absolute Gasteiger partial charge is 0.497 e. The van der Waals surface area contributed by atoms with Gasteiger partial charge in [-0.1, -0.05) is 6.07 Å². The summed E-state index contributed by atoms with van der Waals surface area (Å²) in [5.74, 6) is -0.344. The second-order valence-corrected chi connectivity index (χ2v) is 9.57. The summed E-state index contributed by atoms with van der Waals surface area (Å²) < 4.78 is 32.9. The number of sulfonamides is 1. The number of rotatable bonds is 9. The number of nitrogens with zero attached hydrogens (tertiary/aromatic N) is 2. The van der Waals surface area contributed by atoms with Gasteiger partial charge in [0.25, 0.3) is 15.9 Å². The molecule has 2 amide bonds. The van der Waals surface area contributed by atoms with Gasteiger partial charge in [-0.05, 0) is 60.0 Å². The van der Waals surface area contributed by atoms with Gasteiger partial charge in [0.05, 0.1) is 23.9 Å². The van der Waals surface area contributed by atoms with Crippen LogP contribution in [-0.2, 0) is 19.6 Å². The molecule has 0 aliphatic rings. The highest BCUT2D eigenvalue weighted by molar-refractivity contribution is 7.92. The van der Waals surface area contributed by atoms with Gasteiger partial charge >= 0.3 is 0 Å². The number of hydrazone groups is 1. The van der Waals surface area contributed by atoms with Crippen LogP contribution in [-0.4, -0.2) is 40.1 Å². The molecule has 0 saturated heterocycles. The second-order valence-electron chi connectivity index (χ2n) is 6.72. The number of nitrogens with one attached hydrogen (secondary N) is 2. The Labute approximate surface area is 195 Å². The van der Waals surface area contributed by atoms with Crippen molar-refractivity contribution >= 4 is 50.8 Å². The molecule has 11 heteroatoms. The van der Waals surface area contributed by atoms with Gasteiger partial charge in [-0.2, -0.15) is 5.10 Å². The molecule has 0 saturated carbocycles. The predicted molar refractivity (Wildman–Crippen MR) is 128 cm³/mol. The Kier molecular flexibility index (Phi) is 7.80. The van der Waals surface area contributed by atoms with E-state index in [1.807, 2.05) is 17.5 Å². The minimum Gasteiger partial charge on any atom is -0.497 e. The first kappa shape index (κ1) is 24.0. The zero-order valence-corrected chi connectivity index (χ0v) is 19.5. The lowest BCUT2D eigenvalue weighted by Gasteiger charge is -2.24. The molecule has 0 spiro atoms. The van der Waals surface area contributed by atoms with Crippen LogP contribution in [0.2, 0.25) is 0 Å². The Bertz CT molecular complexity index is 1220. The van der Waals surface area contributed by atoms with E-state index in [1.165, 1.54) is 55.9 Å². The van der Waals surface area contributed by atoms with E-state index < -0.39 is 22.5 Å². The first-order valence-corrected chi connectivity index (χ1v) is 12.0. The zero-order chi connectivity index (χ0) is 23.8. The van der Waals surface area contributed by atoms with E-state index in [2.05, 4.69) is 15.8 Å². The van der Waals surface area contributed by atoms with E-state index in [1.54, 1.807) is 24.3 Å². The molecule has 33 heavy (non-hydrogen) atoms. The summed E-state index contributed by atoms with van der Waals surface area (Å²) in [6, 6.07) is 15.7. The lowest BCUT2D eigenvalue weighted by molar-refractivity contribution is -0.119. The predicted octanol–water partition coefficient (Wildman–Crippen LogP) is 3.06. The third-order valence-corrected chi connectivity index (χ3v) is 6.93. The van der Waals surface area contributed by atoms with E-state index in [0.717, 1.165) is 9.18 Å². The van der Waals surface area contributed by atoms with Crippen LogP contribution < -0.4 is 19.8 Å². The Balaban J connectivity index is 1.86. The third-order valence-electron chi connectivity index (χ3n) is 4.33. The number of amides is 2. The molecule has 2 N–H and O–H groups in total. The minimum absolute atomic E-state index is 0.0395. The summed E-state index contributed by atoms with van der Waals surface area (Å²) in [5, 5.41) is 8.34. The summed E-state index contributed by atoms with van der Waals surface area (Å²) in [7, 11) is -2.61. The van der Waals surface area contributed by atoms with E-state index in [9.17, 15) is 18.0 Å². The number of hydrogen-bond donors (Lipinski definition) is 2. The maximum Gasteiger partial charge on any atom is 0.264 e. The Hall–Kier alpha value is -3.70. The Morgan fingerprint density at radius 1 is 1.09 bits per heavy atom. The van der Waals surface area contributed by atoms with E-state index in [4.69, 9.17) is 4.74 Å². The smallest absolute Gasteiger partial charge is 0.264 e. The number of ether oxygens (including phenoxy) is 1. The summed E-state index contributed by atoms with van der Waals surface area (Å²) >= 11 is 1.45. The number of benzene rings is 2. The van der Waals surface area contributed by atoms with Gasteiger partial charge < -0.3 is 10.1 Å². The molecular formula is C22H22N4O5S2. The van der Waals surface area contributed by atoms with Crippen molar-refractivity contribution in [3.8, 4) is 5.75 Å². The molecule has 2 aromatic carbocycles. The van der Waals surface area contributed by atoms with Gasteiger partial charge in [-0.25, -0.2) is 13.8 Å². The van der Waals surface area contributed by atoms with Gasteiger partial charge in [0.2, 0.25) is 5.91 Å². The van der Waals surface area contributed by atoms with Crippen LogP contribution in [0.5, 0.6) is 5.75 Å². The van der Waals surface area contributed by atoms with Crippen molar-refractivity contribution < 1.29 is 22.7 Å². The molecule has 0 atom stereocenters. The van der Waals surface area contributed by atoms with Crippen LogP contribution in [0, 0.1) is 0 Å². The number of thiophene rings is 1. The topological polar surface area (TPSA) is 117 Å². The fraction of sp³-hybridized carbons (Fsp3) is 0.136. The minimum atomic E-state index is -4.11. The quantitative estimate of drug-likeness (QED) is 0.356. The molecular weight excluding hydrogens is 464 g/mol. The van der Waals surface area contributed by atoms with Gasteiger partial charge in [-0.15, -0.1) is 11.3 Å². The highest BCUT2D eigenvalue weighted by Crippen LogP contribution is 2.26. The fourth-order valence-electron chi connectivity index (χ4n) is 2.80. The maximum absolute atomic E-state index is 13.4. The van der Waals surface area contributed by atoms with E-state index >= 15 is 0 Å². The standard InChI is InChI=1S/C22H22N4O5S2/c1-16(27)24-17-5-11-21(12-6-17)33(29,30)26(18-7-9-19(31-2)10-8-18)15-22(28)25-23-14-20-4-3-13-32-20/h3-14H,15H2,1-2H3,(H,24,27)(H,25,28)/b23-14-. The number of carbonyl (C=O) groups excluding carboxylic acids is 2. The molecule has 0 unspecified atom stereocenters. The van der Waals surface area contributed by atoms with E-state index in [-0.39, 0.29) is 16.5 Å². The molecule has 0 radical (unpaired) electrons.